The van der Waals surface area contributed by atoms with E-state index in [9.17, 15) is 9.59 Å². The lowest BCUT2D eigenvalue weighted by Gasteiger charge is -2.07. The highest BCUT2D eigenvalue weighted by Crippen LogP contribution is 1.97. The molecule has 0 atom stereocenters. The van der Waals surface area contributed by atoms with E-state index in [0.29, 0.717) is 12.4 Å². The number of carbonyl (C=O) groups is 1. The van der Waals surface area contributed by atoms with Crippen molar-refractivity contribution in [2.45, 2.75) is 27.7 Å². The Kier molecular flexibility index (Phi) is 9.29. The molecule has 0 saturated carbocycles. The molecule has 1 heterocycles. The summed E-state index contributed by atoms with van der Waals surface area (Å²) in [7, 11) is 0. The monoisotopic (exact) mass is 278 g/mol. The molecular weight excluding hydrogens is 256 g/mol. The van der Waals surface area contributed by atoms with E-state index in [0.717, 1.165) is 5.57 Å². The van der Waals surface area contributed by atoms with Crippen LogP contribution in [0.3, 0.4) is 0 Å². The molecule has 6 nitrogen and oxygen atoms in total. The molecule has 3 N–H and O–H groups in total. The maximum absolute atomic E-state index is 11.5. The first-order chi connectivity index (χ1) is 9.65. The summed E-state index contributed by atoms with van der Waals surface area (Å²) in [6, 6.07) is 1.12. The average molecular weight is 278 g/mol. The van der Waals surface area contributed by atoms with Gasteiger partial charge in [0.1, 0.15) is 5.82 Å². The van der Waals surface area contributed by atoms with Crippen LogP contribution in [0.4, 0.5) is 10.6 Å². The van der Waals surface area contributed by atoms with Crippen LogP contribution in [0.2, 0.25) is 0 Å². The molecule has 2 amide bonds. The molecule has 0 aliphatic heterocycles. The second-order valence-electron chi connectivity index (χ2n) is 3.46. The molecule has 0 aliphatic carbocycles. The van der Waals surface area contributed by atoms with Crippen LogP contribution in [0, 0.1) is 0 Å². The fourth-order valence-electron chi connectivity index (χ4n) is 1.26. The summed E-state index contributed by atoms with van der Waals surface area (Å²) in [5.41, 5.74) is 0.492. The van der Waals surface area contributed by atoms with Gasteiger partial charge >= 0.3 is 11.7 Å². The molecule has 1 aromatic rings. The second-order valence-corrected chi connectivity index (χ2v) is 3.46. The summed E-state index contributed by atoms with van der Waals surface area (Å²) >= 11 is 0. The predicted octanol–water partition coefficient (Wildman–Crippen LogP) is 2.44. The first-order valence-electron chi connectivity index (χ1n) is 6.53. The molecule has 0 bridgehead atoms. The van der Waals surface area contributed by atoms with Crippen LogP contribution in [0.25, 0.3) is 0 Å². The number of rotatable bonds is 4. The lowest BCUT2D eigenvalue weighted by molar-refractivity contribution is 0.253. The number of H-pyrrole nitrogens is 1. The number of urea groups is 1. The van der Waals surface area contributed by atoms with Gasteiger partial charge < -0.3 is 5.32 Å². The summed E-state index contributed by atoms with van der Waals surface area (Å²) in [6.07, 6.45) is 7.05. The molecule has 0 fully saturated rings. The van der Waals surface area contributed by atoms with E-state index in [1.165, 1.54) is 12.3 Å². The number of carbonyl (C=O) groups excluding carboxylic acids is 1. The van der Waals surface area contributed by atoms with Crippen molar-refractivity contribution in [2.75, 3.05) is 11.9 Å². The topological polar surface area (TPSA) is 86.9 Å². The van der Waals surface area contributed by atoms with Crippen LogP contribution < -0.4 is 16.3 Å². The molecule has 110 valence electrons. The Labute approximate surface area is 119 Å². The maximum atomic E-state index is 11.5. The van der Waals surface area contributed by atoms with Crippen LogP contribution in [0.5, 0.6) is 0 Å². The van der Waals surface area contributed by atoms with Gasteiger partial charge in [-0.15, -0.1) is 0 Å². The number of allylic oxidation sites excluding steroid dienone is 2. The number of hydrogen-bond donors (Lipinski definition) is 3. The second kappa shape index (κ2) is 10.5. The van der Waals surface area contributed by atoms with E-state index in [1.54, 1.807) is 0 Å². The van der Waals surface area contributed by atoms with Crippen molar-refractivity contribution in [1.82, 2.24) is 15.3 Å². The molecule has 0 radical (unpaired) electrons. The fraction of sp³-hybridized carbons (Fsp3) is 0.357. The van der Waals surface area contributed by atoms with E-state index < -0.39 is 5.69 Å². The van der Waals surface area contributed by atoms with Crippen LogP contribution in [-0.4, -0.2) is 22.5 Å². The number of aromatic nitrogens is 2. The van der Waals surface area contributed by atoms with Crippen molar-refractivity contribution >= 4 is 11.8 Å². The molecule has 1 rings (SSSR count). The molecule has 0 aromatic carbocycles. The minimum atomic E-state index is -0.504. The zero-order chi connectivity index (χ0) is 15.4. The lowest BCUT2D eigenvalue weighted by Crippen LogP contribution is -2.31. The van der Waals surface area contributed by atoms with Crippen molar-refractivity contribution in [3.05, 3.63) is 46.5 Å². The predicted molar refractivity (Wildman–Crippen MR) is 81.8 cm³/mol. The van der Waals surface area contributed by atoms with Crippen LogP contribution in [0.1, 0.15) is 27.7 Å². The Bertz CT molecular complexity index is 518. The van der Waals surface area contributed by atoms with E-state index in [-0.39, 0.29) is 6.03 Å². The van der Waals surface area contributed by atoms with Crippen molar-refractivity contribution in [2.24, 2.45) is 0 Å². The Morgan fingerprint density at radius 2 is 2.10 bits per heavy atom. The van der Waals surface area contributed by atoms with Gasteiger partial charge in [-0.3, -0.25) is 10.3 Å². The zero-order valence-electron chi connectivity index (χ0n) is 12.4. The fourth-order valence-corrected chi connectivity index (χ4v) is 1.26. The van der Waals surface area contributed by atoms with E-state index >= 15 is 0 Å². The third kappa shape index (κ3) is 7.15. The van der Waals surface area contributed by atoms with Crippen LogP contribution >= 0.6 is 0 Å². The molecule has 0 aliphatic rings. The highest BCUT2D eigenvalue weighted by Gasteiger charge is 2.02. The van der Waals surface area contributed by atoms with Crippen molar-refractivity contribution < 1.29 is 4.79 Å². The minimum absolute atomic E-state index is 0.306. The van der Waals surface area contributed by atoms with E-state index in [4.69, 9.17) is 0 Å². The zero-order valence-corrected chi connectivity index (χ0v) is 12.4. The van der Waals surface area contributed by atoms with Crippen LogP contribution in [0.15, 0.2) is 40.9 Å². The SMILES string of the molecule is C/C=C\C(=C/C)CNC(=O)Nc1ccnc(=O)[nH]1.CC. The van der Waals surface area contributed by atoms with Gasteiger partial charge in [-0.2, -0.15) is 0 Å². The van der Waals surface area contributed by atoms with Crippen LogP contribution in [-0.2, 0) is 0 Å². The maximum Gasteiger partial charge on any atom is 0.346 e. The molecule has 1 aromatic heterocycles. The van der Waals surface area contributed by atoms with Crippen molar-refractivity contribution in [3.8, 4) is 0 Å². The first kappa shape index (κ1) is 17.6. The van der Waals surface area contributed by atoms with Crippen molar-refractivity contribution in [3.63, 3.8) is 0 Å². The van der Waals surface area contributed by atoms with E-state index in [2.05, 4.69) is 20.6 Å². The third-order valence-corrected chi connectivity index (χ3v) is 2.13. The molecule has 6 heteroatoms. The largest absolute Gasteiger partial charge is 0.346 e. The Morgan fingerprint density at radius 3 is 2.65 bits per heavy atom. The first-order valence-corrected chi connectivity index (χ1v) is 6.53. The van der Waals surface area contributed by atoms with Gasteiger partial charge in [0.15, 0.2) is 0 Å². The summed E-state index contributed by atoms with van der Waals surface area (Å²) in [5.74, 6) is 0.306. The number of nitrogens with zero attached hydrogens (tertiary/aromatic N) is 1. The standard InChI is InChI=1S/C12H16N4O2.C2H6/c1-3-5-9(4-2)8-14-12(18)16-10-6-7-13-11(17)15-10;1-2/h3-7H,8H2,1-2H3,(H3,13,14,15,16,17,18);1-2H3/b5-3-,9-4+;. The highest BCUT2D eigenvalue weighted by molar-refractivity contribution is 5.88. The smallest absolute Gasteiger partial charge is 0.334 e. The quantitative estimate of drug-likeness (QED) is 0.739. The normalized spacial score (nSPS) is 10.7. The van der Waals surface area contributed by atoms with Gasteiger partial charge in [0.2, 0.25) is 0 Å². The number of nitrogens with one attached hydrogen (secondary N) is 3. The molecular formula is C14H22N4O2. The number of aromatic amines is 1. The highest BCUT2D eigenvalue weighted by atomic mass is 16.2. The summed E-state index contributed by atoms with van der Waals surface area (Å²) < 4.78 is 0. The number of hydrogen-bond acceptors (Lipinski definition) is 3. The molecule has 0 spiro atoms. The molecule has 20 heavy (non-hydrogen) atoms. The van der Waals surface area contributed by atoms with Crippen molar-refractivity contribution in [1.29, 1.82) is 0 Å². The lowest BCUT2D eigenvalue weighted by atomic mass is 10.2. The van der Waals surface area contributed by atoms with Gasteiger partial charge in [-0.25, -0.2) is 14.6 Å². The molecule has 0 unspecified atom stereocenters. The van der Waals surface area contributed by atoms with Gasteiger partial charge in [-0.1, -0.05) is 32.1 Å². The van der Waals surface area contributed by atoms with Gasteiger partial charge in [0.05, 0.1) is 0 Å². The average Bonchev–Trinajstić information content (AvgIpc) is 2.45. The Morgan fingerprint density at radius 1 is 1.40 bits per heavy atom. The Hall–Kier alpha value is -2.37. The van der Waals surface area contributed by atoms with Gasteiger partial charge in [0.25, 0.3) is 0 Å². The Balaban J connectivity index is 0.00000172. The summed E-state index contributed by atoms with van der Waals surface area (Å²) in [6.45, 7) is 8.22. The van der Waals surface area contributed by atoms with Gasteiger partial charge in [-0.05, 0) is 25.5 Å². The third-order valence-electron chi connectivity index (χ3n) is 2.13. The minimum Gasteiger partial charge on any atom is -0.334 e. The summed E-state index contributed by atoms with van der Waals surface area (Å²) in [5, 5.41) is 5.18. The van der Waals surface area contributed by atoms with Gasteiger partial charge in [0, 0.05) is 12.7 Å². The summed E-state index contributed by atoms with van der Waals surface area (Å²) in [4.78, 5) is 28.3. The van der Waals surface area contributed by atoms with E-state index in [1.807, 2.05) is 45.9 Å². The number of anilines is 1. The molecule has 0 saturated heterocycles. The number of amides is 2.